The number of benzene rings is 1. The van der Waals surface area contributed by atoms with Crippen molar-refractivity contribution in [2.75, 3.05) is 5.75 Å². The highest BCUT2D eigenvalue weighted by atomic mass is 32.2. The van der Waals surface area contributed by atoms with Crippen LogP contribution >= 0.6 is 0 Å². The number of rotatable bonds is 11. The molecular weight excluding hydrogens is 400 g/mol. The molecule has 0 bridgehead atoms. The number of nitrogens with zero attached hydrogens (tertiary/aromatic N) is 1. The summed E-state index contributed by atoms with van der Waals surface area (Å²) in [5, 5.41) is -0.390. The lowest BCUT2D eigenvalue weighted by Crippen LogP contribution is -2.17. The Morgan fingerprint density at radius 1 is 1.14 bits per heavy atom. The summed E-state index contributed by atoms with van der Waals surface area (Å²) in [6, 6.07) is 6.26. The van der Waals surface area contributed by atoms with Gasteiger partial charge in [-0.15, -0.1) is 0 Å². The predicted molar refractivity (Wildman–Crippen MR) is 107 cm³/mol. The lowest BCUT2D eigenvalue weighted by Gasteiger charge is -2.10. The van der Waals surface area contributed by atoms with Gasteiger partial charge in [0.25, 0.3) is 0 Å². The van der Waals surface area contributed by atoms with E-state index >= 15 is 0 Å². The van der Waals surface area contributed by atoms with E-state index in [1.54, 1.807) is 26.0 Å². The Bertz CT molecular complexity index is 945. The molecule has 0 aliphatic rings. The molecule has 1 heterocycles. The number of pyridine rings is 1. The maximum absolute atomic E-state index is 13.8. The number of halogens is 2. The highest BCUT2D eigenvalue weighted by molar-refractivity contribution is 7.91. The molecule has 0 fully saturated rings. The highest BCUT2D eigenvalue weighted by Gasteiger charge is 2.16. The first-order chi connectivity index (χ1) is 13.7. The molecule has 1 aromatic carbocycles. The number of hydrogen-bond acceptors (Lipinski definition) is 5. The molecule has 0 unspecified atom stereocenters. The number of Topliss-reactive ketones (excluding diaryl/α,β-unsaturated/α-hetero) is 1. The van der Waals surface area contributed by atoms with Gasteiger partial charge in [-0.05, 0) is 44.9 Å². The van der Waals surface area contributed by atoms with Crippen LogP contribution in [-0.2, 0) is 21.1 Å². The second kappa shape index (κ2) is 10.4. The van der Waals surface area contributed by atoms with Crippen molar-refractivity contribution in [3.63, 3.8) is 0 Å². The van der Waals surface area contributed by atoms with E-state index in [0.29, 0.717) is 37.3 Å². The largest absolute Gasteiger partial charge is 0.436 e. The van der Waals surface area contributed by atoms with Gasteiger partial charge in [-0.2, -0.15) is 0 Å². The molecule has 0 aliphatic carbocycles. The van der Waals surface area contributed by atoms with E-state index in [4.69, 9.17) is 4.74 Å². The van der Waals surface area contributed by atoms with Crippen LogP contribution in [0.2, 0.25) is 0 Å². The van der Waals surface area contributed by atoms with E-state index in [-0.39, 0.29) is 34.8 Å². The number of carbonyl (C=O) groups excluding carboxylic acids is 1. The highest BCUT2D eigenvalue weighted by Crippen LogP contribution is 2.26. The molecule has 158 valence electrons. The van der Waals surface area contributed by atoms with Gasteiger partial charge >= 0.3 is 0 Å². The average molecular weight is 425 g/mol. The monoisotopic (exact) mass is 425 g/mol. The second-order valence-corrected chi connectivity index (χ2v) is 9.76. The van der Waals surface area contributed by atoms with Gasteiger partial charge in [-0.25, -0.2) is 22.2 Å². The molecule has 8 heteroatoms. The first-order valence-corrected chi connectivity index (χ1v) is 11.2. The van der Waals surface area contributed by atoms with Crippen LogP contribution in [0.5, 0.6) is 11.6 Å². The first kappa shape index (κ1) is 22.9. The van der Waals surface area contributed by atoms with Crippen LogP contribution in [-0.4, -0.2) is 30.2 Å². The fraction of sp³-hybridized carbons (Fsp3) is 0.429. The molecule has 0 aliphatic heterocycles. The fourth-order valence-corrected chi connectivity index (χ4v) is 3.73. The van der Waals surface area contributed by atoms with Crippen LogP contribution in [0.25, 0.3) is 0 Å². The SMILES string of the molecule is CC(C)S(=O)(=O)CCCCCC(=O)Cc1cccnc1Oc1ccc(F)cc1F. The maximum Gasteiger partial charge on any atom is 0.222 e. The lowest BCUT2D eigenvalue weighted by molar-refractivity contribution is -0.118. The first-order valence-electron chi connectivity index (χ1n) is 9.49. The number of aromatic nitrogens is 1. The maximum atomic E-state index is 13.8. The van der Waals surface area contributed by atoms with Crippen molar-refractivity contribution in [3.05, 3.63) is 53.7 Å². The van der Waals surface area contributed by atoms with Gasteiger partial charge in [0.1, 0.15) is 11.6 Å². The normalized spacial score (nSPS) is 11.6. The summed E-state index contributed by atoms with van der Waals surface area (Å²) >= 11 is 0. The van der Waals surface area contributed by atoms with E-state index in [1.807, 2.05) is 0 Å². The van der Waals surface area contributed by atoms with Gasteiger partial charge in [0.05, 0.1) is 11.0 Å². The summed E-state index contributed by atoms with van der Waals surface area (Å²) in [6.45, 7) is 3.31. The number of hydrogen-bond donors (Lipinski definition) is 0. The van der Waals surface area contributed by atoms with Crippen molar-refractivity contribution >= 4 is 15.6 Å². The summed E-state index contributed by atoms with van der Waals surface area (Å²) in [5.74, 6) is -1.58. The van der Waals surface area contributed by atoms with Gasteiger partial charge in [0, 0.05) is 30.7 Å². The molecule has 0 N–H and O–H groups in total. The van der Waals surface area contributed by atoms with Crippen LogP contribution < -0.4 is 4.74 Å². The van der Waals surface area contributed by atoms with Crippen LogP contribution in [0.15, 0.2) is 36.5 Å². The minimum Gasteiger partial charge on any atom is -0.436 e. The van der Waals surface area contributed by atoms with E-state index in [9.17, 15) is 22.0 Å². The smallest absolute Gasteiger partial charge is 0.222 e. The van der Waals surface area contributed by atoms with Crippen LogP contribution in [0.1, 0.15) is 45.1 Å². The van der Waals surface area contributed by atoms with Crippen molar-refractivity contribution in [2.45, 2.75) is 51.2 Å². The van der Waals surface area contributed by atoms with E-state index < -0.39 is 21.5 Å². The van der Waals surface area contributed by atoms with Crippen molar-refractivity contribution in [1.82, 2.24) is 4.98 Å². The molecule has 29 heavy (non-hydrogen) atoms. The Morgan fingerprint density at radius 3 is 2.59 bits per heavy atom. The van der Waals surface area contributed by atoms with Crippen molar-refractivity contribution in [2.24, 2.45) is 0 Å². The molecule has 5 nitrogen and oxygen atoms in total. The van der Waals surface area contributed by atoms with Gasteiger partial charge in [-0.1, -0.05) is 12.5 Å². The number of ketones is 1. The van der Waals surface area contributed by atoms with Crippen LogP contribution in [0.3, 0.4) is 0 Å². The fourth-order valence-electron chi connectivity index (χ4n) is 2.65. The van der Waals surface area contributed by atoms with E-state index in [2.05, 4.69) is 4.98 Å². The third-order valence-corrected chi connectivity index (χ3v) is 6.74. The van der Waals surface area contributed by atoms with Gasteiger partial charge < -0.3 is 4.74 Å². The lowest BCUT2D eigenvalue weighted by atomic mass is 10.1. The third kappa shape index (κ3) is 7.20. The summed E-state index contributed by atoms with van der Waals surface area (Å²) < 4.78 is 55.8. The molecule has 0 spiro atoms. The molecule has 2 rings (SSSR count). The molecule has 1 aromatic heterocycles. The number of carbonyl (C=O) groups is 1. The van der Waals surface area contributed by atoms with E-state index in [1.165, 1.54) is 6.20 Å². The minimum absolute atomic E-state index is 0.0471. The topological polar surface area (TPSA) is 73.3 Å². The zero-order chi connectivity index (χ0) is 21.4. The molecule has 0 amide bonds. The molecule has 0 radical (unpaired) electrons. The average Bonchev–Trinajstić information content (AvgIpc) is 2.65. The summed E-state index contributed by atoms with van der Waals surface area (Å²) in [6.07, 6.45) is 3.60. The Labute approximate surface area is 170 Å². The summed E-state index contributed by atoms with van der Waals surface area (Å²) in [5.41, 5.74) is 0.503. The zero-order valence-electron chi connectivity index (χ0n) is 16.5. The molecule has 0 saturated carbocycles. The van der Waals surface area contributed by atoms with Crippen LogP contribution in [0, 0.1) is 11.6 Å². The third-order valence-electron chi connectivity index (χ3n) is 4.44. The van der Waals surface area contributed by atoms with Gasteiger partial charge in [0.15, 0.2) is 21.4 Å². The molecule has 0 atom stereocenters. The Hall–Kier alpha value is -2.35. The quantitative estimate of drug-likeness (QED) is 0.490. The predicted octanol–water partition coefficient (Wildman–Crippen LogP) is 4.65. The van der Waals surface area contributed by atoms with Crippen molar-refractivity contribution in [1.29, 1.82) is 0 Å². The zero-order valence-corrected chi connectivity index (χ0v) is 17.3. The van der Waals surface area contributed by atoms with Crippen LogP contribution in [0.4, 0.5) is 8.78 Å². The minimum atomic E-state index is -3.05. The molecule has 0 saturated heterocycles. The number of ether oxygens (including phenoxy) is 1. The summed E-state index contributed by atoms with van der Waals surface area (Å²) in [7, 11) is -3.05. The Balaban J connectivity index is 1.88. The van der Waals surface area contributed by atoms with Crippen molar-refractivity contribution in [3.8, 4) is 11.6 Å². The van der Waals surface area contributed by atoms with Crippen molar-refractivity contribution < 1.29 is 26.7 Å². The molecular formula is C21H25F2NO4S. The van der Waals surface area contributed by atoms with Gasteiger partial charge in [-0.3, -0.25) is 4.79 Å². The molecule has 2 aromatic rings. The number of sulfone groups is 1. The second-order valence-electron chi connectivity index (χ2n) is 7.09. The number of unbranched alkanes of at least 4 members (excludes halogenated alkanes) is 2. The summed E-state index contributed by atoms with van der Waals surface area (Å²) in [4.78, 5) is 16.3. The Kier molecular flexibility index (Phi) is 8.25. The van der Waals surface area contributed by atoms with Gasteiger partial charge in [0.2, 0.25) is 5.88 Å². The standard InChI is InChI=1S/C21H25F2NO4S/c1-15(2)29(26,27)12-5-3-4-8-18(25)13-16-7-6-11-24-21(16)28-20-10-9-17(22)14-19(20)23/h6-7,9-11,14-15H,3-5,8,12-13H2,1-2H3. The van der Waals surface area contributed by atoms with E-state index in [0.717, 1.165) is 12.1 Å². The Morgan fingerprint density at radius 2 is 1.90 bits per heavy atom.